The van der Waals surface area contributed by atoms with E-state index in [0.717, 1.165) is 25.3 Å². The highest BCUT2D eigenvalue weighted by Crippen LogP contribution is 2.27. The van der Waals surface area contributed by atoms with Gasteiger partial charge in [0.25, 0.3) is 0 Å². The van der Waals surface area contributed by atoms with Gasteiger partial charge >= 0.3 is 0 Å². The van der Waals surface area contributed by atoms with Crippen LogP contribution < -0.4 is 10.1 Å². The molecule has 0 saturated carbocycles. The minimum Gasteiger partial charge on any atom is -0.496 e. The first kappa shape index (κ1) is 17.0. The lowest BCUT2D eigenvalue weighted by molar-refractivity contribution is 0.240. The van der Waals surface area contributed by atoms with Gasteiger partial charge < -0.3 is 15.0 Å². The lowest BCUT2D eigenvalue weighted by Crippen LogP contribution is -2.37. The van der Waals surface area contributed by atoms with Crippen LogP contribution in [0.2, 0.25) is 0 Å². The van der Waals surface area contributed by atoms with Crippen molar-refractivity contribution in [2.24, 2.45) is 0 Å². The van der Waals surface area contributed by atoms with Gasteiger partial charge in [-0.3, -0.25) is 0 Å². The van der Waals surface area contributed by atoms with Gasteiger partial charge in [-0.1, -0.05) is 24.6 Å². The van der Waals surface area contributed by atoms with Crippen LogP contribution in [0.25, 0.3) is 0 Å². The molecule has 0 heterocycles. The van der Waals surface area contributed by atoms with Crippen LogP contribution in [-0.2, 0) is 0 Å². The van der Waals surface area contributed by atoms with Crippen LogP contribution in [-0.4, -0.2) is 38.2 Å². The highest BCUT2D eigenvalue weighted by atomic mass is 16.5. The van der Waals surface area contributed by atoms with E-state index in [1.165, 1.54) is 11.1 Å². The Morgan fingerprint density at radius 1 is 1.30 bits per heavy atom. The lowest BCUT2D eigenvalue weighted by Gasteiger charge is -2.29. The van der Waals surface area contributed by atoms with Crippen molar-refractivity contribution in [3.8, 4) is 5.75 Å². The number of nitrogens with zero attached hydrogens (tertiary/aromatic N) is 1. The number of rotatable bonds is 8. The normalized spacial score (nSPS) is 13.0. The molecule has 0 aromatic heterocycles. The zero-order valence-corrected chi connectivity index (χ0v) is 13.9. The fraction of sp³-hybridized carbons (Fsp3) is 0.647. The van der Waals surface area contributed by atoms with E-state index in [4.69, 9.17) is 4.74 Å². The Hall–Kier alpha value is -1.06. The van der Waals surface area contributed by atoms with Crippen LogP contribution in [0.15, 0.2) is 18.2 Å². The molecule has 1 unspecified atom stereocenters. The van der Waals surface area contributed by atoms with E-state index in [1.54, 1.807) is 7.11 Å². The smallest absolute Gasteiger partial charge is 0.123 e. The maximum Gasteiger partial charge on any atom is 0.123 e. The third-order valence-electron chi connectivity index (χ3n) is 3.75. The summed E-state index contributed by atoms with van der Waals surface area (Å²) in [5, 5.41) is 3.65. The van der Waals surface area contributed by atoms with Gasteiger partial charge in [-0.15, -0.1) is 0 Å². The molecule has 0 radical (unpaired) electrons. The summed E-state index contributed by atoms with van der Waals surface area (Å²) in [5.41, 5.74) is 2.53. The Morgan fingerprint density at radius 2 is 2.00 bits per heavy atom. The van der Waals surface area contributed by atoms with E-state index in [0.29, 0.717) is 12.1 Å². The maximum atomic E-state index is 5.54. The van der Waals surface area contributed by atoms with Crippen LogP contribution in [0.1, 0.15) is 44.4 Å². The van der Waals surface area contributed by atoms with Crippen LogP contribution in [0.5, 0.6) is 5.75 Å². The Kier molecular flexibility index (Phi) is 7.03. The van der Waals surface area contributed by atoms with E-state index in [9.17, 15) is 0 Å². The predicted molar refractivity (Wildman–Crippen MR) is 86.5 cm³/mol. The maximum absolute atomic E-state index is 5.54. The molecular formula is C17H30N2O. The number of likely N-dealkylation sites (N-methyl/N-ethyl adjacent to an activating group) is 1. The van der Waals surface area contributed by atoms with Crippen molar-refractivity contribution in [2.75, 3.05) is 27.2 Å². The van der Waals surface area contributed by atoms with E-state index < -0.39 is 0 Å². The van der Waals surface area contributed by atoms with Gasteiger partial charge in [-0.2, -0.15) is 0 Å². The molecule has 1 aromatic carbocycles. The first-order valence-corrected chi connectivity index (χ1v) is 7.57. The van der Waals surface area contributed by atoms with Gasteiger partial charge in [0.2, 0.25) is 0 Å². The van der Waals surface area contributed by atoms with Gasteiger partial charge in [0, 0.05) is 24.2 Å². The topological polar surface area (TPSA) is 24.5 Å². The van der Waals surface area contributed by atoms with Crippen molar-refractivity contribution in [3.63, 3.8) is 0 Å². The summed E-state index contributed by atoms with van der Waals surface area (Å²) in [6, 6.07) is 7.25. The fourth-order valence-electron chi connectivity index (χ4n) is 2.22. The molecule has 3 heteroatoms. The van der Waals surface area contributed by atoms with Gasteiger partial charge in [0.15, 0.2) is 0 Å². The van der Waals surface area contributed by atoms with Gasteiger partial charge in [0.1, 0.15) is 5.75 Å². The van der Waals surface area contributed by atoms with Crippen molar-refractivity contribution in [2.45, 2.75) is 46.2 Å². The van der Waals surface area contributed by atoms with Gasteiger partial charge in [0.05, 0.1) is 7.11 Å². The molecule has 0 bridgehead atoms. The molecule has 3 nitrogen and oxygen atoms in total. The second-order valence-corrected chi connectivity index (χ2v) is 5.79. The highest BCUT2D eigenvalue weighted by Gasteiger charge is 2.18. The SMILES string of the molecule is CCCNC(CN(C)C(C)C)c1cc(C)ccc1OC. The van der Waals surface area contributed by atoms with Crippen molar-refractivity contribution >= 4 is 0 Å². The summed E-state index contributed by atoms with van der Waals surface area (Å²) in [5.74, 6) is 0.973. The second-order valence-electron chi connectivity index (χ2n) is 5.79. The molecule has 0 aliphatic rings. The zero-order chi connectivity index (χ0) is 15.1. The number of benzene rings is 1. The third-order valence-corrected chi connectivity index (χ3v) is 3.75. The summed E-state index contributed by atoms with van der Waals surface area (Å²) in [4.78, 5) is 2.37. The first-order valence-electron chi connectivity index (χ1n) is 7.57. The van der Waals surface area contributed by atoms with E-state index >= 15 is 0 Å². The van der Waals surface area contributed by atoms with E-state index in [-0.39, 0.29) is 0 Å². The number of ether oxygens (including phenoxy) is 1. The molecule has 1 rings (SSSR count). The standard InChI is InChI=1S/C17H30N2O/c1-7-10-18-16(12-19(5)13(2)3)15-11-14(4)8-9-17(15)20-6/h8-9,11,13,16,18H,7,10,12H2,1-6H3. The molecule has 1 aromatic rings. The van der Waals surface area contributed by atoms with Crippen molar-refractivity contribution in [1.82, 2.24) is 10.2 Å². The van der Waals surface area contributed by atoms with E-state index in [2.05, 4.69) is 63.2 Å². The number of hydrogen-bond acceptors (Lipinski definition) is 3. The number of hydrogen-bond donors (Lipinski definition) is 1. The summed E-state index contributed by atoms with van der Waals surface area (Å²) < 4.78 is 5.54. The molecule has 0 amide bonds. The van der Waals surface area contributed by atoms with Gasteiger partial charge in [-0.25, -0.2) is 0 Å². The summed E-state index contributed by atoms with van der Waals surface area (Å²) in [6.07, 6.45) is 1.13. The van der Waals surface area contributed by atoms with Crippen LogP contribution in [0.4, 0.5) is 0 Å². The molecule has 0 fully saturated rings. The zero-order valence-electron chi connectivity index (χ0n) is 13.9. The molecular weight excluding hydrogens is 248 g/mol. The Labute approximate surface area is 124 Å². The Balaban J connectivity index is 2.99. The molecule has 0 aliphatic carbocycles. The number of aryl methyl sites for hydroxylation is 1. The Morgan fingerprint density at radius 3 is 2.55 bits per heavy atom. The lowest BCUT2D eigenvalue weighted by atomic mass is 10.0. The first-order chi connectivity index (χ1) is 9.49. The molecule has 0 saturated heterocycles. The third kappa shape index (κ3) is 4.80. The van der Waals surface area contributed by atoms with Gasteiger partial charge in [-0.05, 0) is 46.9 Å². The largest absolute Gasteiger partial charge is 0.496 e. The van der Waals surface area contributed by atoms with Crippen LogP contribution in [0.3, 0.4) is 0 Å². The molecule has 0 aliphatic heterocycles. The van der Waals surface area contributed by atoms with E-state index in [1.807, 2.05) is 0 Å². The second kappa shape index (κ2) is 8.28. The highest BCUT2D eigenvalue weighted by molar-refractivity contribution is 5.39. The predicted octanol–water partition coefficient (Wildman–Crippen LogP) is 3.38. The number of nitrogens with one attached hydrogen (secondary N) is 1. The summed E-state index contributed by atoms with van der Waals surface area (Å²) in [6.45, 7) is 10.8. The van der Waals surface area contributed by atoms with Crippen LogP contribution >= 0.6 is 0 Å². The van der Waals surface area contributed by atoms with Crippen molar-refractivity contribution in [1.29, 1.82) is 0 Å². The molecule has 0 spiro atoms. The monoisotopic (exact) mass is 278 g/mol. The summed E-state index contributed by atoms with van der Waals surface area (Å²) >= 11 is 0. The molecule has 114 valence electrons. The minimum absolute atomic E-state index is 0.303. The molecule has 1 atom stereocenters. The average molecular weight is 278 g/mol. The number of methoxy groups -OCH3 is 1. The van der Waals surface area contributed by atoms with Crippen molar-refractivity contribution < 1.29 is 4.74 Å². The van der Waals surface area contributed by atoms with Crippen molar-refractivity contribution in [3.05, 3.63) is 29.3 Å². The fourth-order valence-corrected chi connectivity index (χ4v) is 2.22. The minimum atomic E-state index is 0.303. The average Bonchev–Trinajstić information content (AvgIpc) is 2.42. The Bertz CT molecular complexity index is 404. The summed E-state index contributed by atoms with van der Waals surface area (Å²) in [7, 11) is 3.92. The molecule has 1 N–H and O–H groups in total. The quantitative estimate of drug-likeness (QED) is 0.789. The molecule has 20 heavy (non-hydrogen) atoms. The van der Waals surface area contributed by atoms with Crippen LogP contribution in [0, 0.1) is 6.92 Å².